The average Bonchev–Trinajstić information content (AvgIpc) is 2.39. The zero-order chi connectivity index (χ0) is 13.8. The molecule has 0 unspecified atom stereocenters. The van der Waals surface area contributed by atoms with Crippen molar-refractivity contribution in [1.82, 2.24) is 0 Å². The van der Waals surface area contributed by atoms with Gasteiger partial charge in [0.25, 0.3) is 0 Å². The van der Waals surface area contributed by atoms with Gasteiger partial charge in [-0.25, -0.2) is 0 Å². The van der Waals surface area contributed by atoms with Gasteiger partial charge in [-0.15, -0.1) is 0 Å². The number of rotatable bonds is 4. The number of halogens is 2. The van der Waals surface area contributed by atoms with Crippen LogP contribution in [0.1, 0.15) is 24.1 Å². The van der Waals surface area contributed by atoms with Crippen molar-refractivity contribution in [2.75, 3.05) is 0 Å². The normalized spacial score (nSPS) is 12.2. The van der Waals surface area contributed by atoms with Crippen molar-refractivity contribution >= 4 is 23.2 Å². The predicted octanol–water partition coefficient (Wildman–Crippen LogP) is 4.59. The fourth-order valence-corrected chi connectivity index (χ4v) is 2.03. The summed E-state index contributed by atoms with van der Waals surface area (Å²) in [6.07, 6.45) is 0. The van der Waals surface area contributed by atoms with E-state index >= 15 is 0 Å². The molecular formula is C15H15Cl2NO. The summed E-state index contributed by atoms with van der Waals surface area (Å²) in [7, 11) is 0. The van der Waals surface area contributed by atoms with Crippen LogP contribution in [0.4, 0.5) is 0 Å². The smallest absolute Gasteiger partial charge is 0.138 e. The number of hydrogen-bond donors (Lipinski definition) is 1. The van der Waals surface area contributed by atoms with Gasteiger partial charge >= 0.3 is 0 Å². The Hall–Kier alpha value is -1.22. The number of ether oxygens (including phenoxy) is 1. The first kappa shape index (κ1) is 14.2. The van der Waals surface area contributed by atoms with Crippen LogP contribution in [0.25, 0.3) is 0 Å². The molecule has 0 heterocycles. The summed E-state index contributed by atoms with van der Waals surface area (Å²) in [5.41, 5.74) is 7.83. The Labute approximate surface area is 123 Å². The Morgan fingerprint density at radius 1 is 1.11 bits per heavy atom. The molecule has 0 saturated carbocycles. The zero-order valence-electron chi connectivity index (χ0n) is 10.6. The molecule has 2 rings (SSSR count). The van der Waals surface area contributed by atoms with Gasteiger partial charge < -0.3 is 10.5 Å². The molecule has 4 heteroatoms. The van der Waals surface area contributed by atoms with Crippen LogP contribution in [0.5, 0.6) is 5.75 Å². The van der Waals surface area contributed by atoms with E-state index in [0.717, 1.165) is 11.1 Å². The average molecular weight is 296 g/mol. The second-order valence-electron chi connectivity index (χ2n) is 4.39. The minimum Gasteiger partial charge on any atom is -0.487 e. The van der Waals surface area contributed by atoms with E-state index in [1.807, 2.05) is 49.4 Å². The Morgan fingerprint density at radius 2 is 1.79 bits per heavy atom. The summed E-state index contributed by atoms with van der Waals surface area (Å²) >= 11 is 12.0. The van der Waals surface area contributed by atoms with E-state index in [1.165, 1.54) is 0 Å². The van der Waals surface area contributed by atoms with Gasteiger partial charge in [0.15, 0.2) is 0 Å². The summed E-state index contributed by atoms with van der Waals surface area (Å²) in [4.78, 5) is 0. The van der Waals surface area contributed by atoms with Crippen LogP contribution >= 0.6 is 23.2 Å². The Bertz CT molecular complexity index is 553. The topological polar surface area (TPSA) is 35.2 Å². The maximum absolute atomic E-state index is 6.16. The highest BCUT2D eigenvalue weighted by Gasteiger charge is 2.06. The molecule has 2 nitrogen and oxygen atoms in total. The first-order chi connectivity index (χ1) is 9.06. The third-order valence-electron chi connectivity index (χ3n) is 2.79. The molecule has 0 saturated heterocycles. The van der Waals surface area contributed by atoms with E-state index < -0.39 is 0 Å². The number of hydrogen-bond acceptors (Lipinski definition) is 2. The van der Waals surface area contributed by atoms with Crippen molar-refractivity contribution in [3.05, 3.63) is 63.6 Å². The summed E-state index contributed by atoms with van der Waals surface area (Å²) in [5.74, 6) is 0.654. The lowest BCUT2D eigenvalue weighted by atomic mass is 10.1. The van der Waals surface area contributed by atoms with Crippen LogP contribution in [0.2, 0.25) is 10.0 Å². The highest BCUT2D eigenvalue weighted by molar-refractivity contribution is 6.32. The largest absolute Gasteiger partial charge is 0.487 e. The van der Waals surface area contributed by atoms with Gasteiger partial charge in [0, 0.05) is 11.1 Å². The lowest BCUT2D eigenvalue weighted by Gasteiger charge is -2.11. The van der Waals surface area contributed by atoms with E-state index in [9.17, 15) is 0 Å². The van der Waals surface area contributed by atoms with Crippen molar-refractivity contribution in [3.63, 3.8) is 0 Å². The van der Waals surface area contributed by atoms with Crippen molar-refractivity contribution < 1.29 is 4.74 Å². The van der Waals surface area contributed by atoms with E-state index in [4.69, 9.17) is 33.7 Å². The van der Waals surface area contributed by atoms with Gasteiger partial charge in [-0.2, -0.15) is 0 Å². The van der Waals surface area contributed by atoms with Crippen molar-refractivity contribution in [2.24, 2.45) is 5.73 Å². The fourth-order valence-electron chi connectivity index (χ4n) is 1.66. The van der Waals surface area contributed by atoms with Crippen LogP contribution in [0, 0.1) is 0 Å². The van der Waals surface area contributed by atoms with E-state index in [0.29, 0.717) is 22.4 Å². The number of nitrogens with two attached hydrogens (primary N) is 1. The van der Waals surface area contributed by atoms with Crippen LogP contribution in [0.3, 0.4) is 0 Å². The maximum Gasteiger partial charge on any atom is 0.138 e. The predicted molar refractivity (Wildman–Crippen MR) is 79.8 cm³/mol. The third-order valence-corrected chi connectivity index (χ3v) is 3.34. The van der Waals surface area contributed by atoms with Crippen molar-refractivity contribution in [2.45, 2.75) is 19.6 Å². The molecule has 100 valence electrons. The molecule has 2 aromatic carbocycles. The Balaban J connectivity index is 2.05. The van der Waals surface area contributed by atoms with E-state index in [2.05, 4.69) is 0 Å². The lowest BCUT2D eigenvalue weighted by molar-refractivity contribution is 0.306. The van der Waals surface area contributed by atoms with E-state index in [-0.39, 0.29) is 6.04 Å². The molecular weight excluding hydrogens is 281 g/mol. The van der Waals surface area contributed by atoms with Crippen LogP contribution < -0.4 is 10.5 Å². The third kappa shape index (κ3) is 3.87. The monoisotopic (exact) mass is 295 g/mol. The van der Waals surface area contributed by atoms with Gasteiger partial charge in [0.2, 0.25) is 0 Å². The number of benzene rings is 2. The fraction of sp³-hybridized carbons (Fsp3) is 0.200. The minimum absolute atomic E-state index is 0.0391. The van der Waals surface area contributed by atoms with Gasteiger partial charge in [-0.1, -0.05) is 41.4 Å². The molecule has 0 bridgehead atoms. The zero-order valence-corrected chi connectivity index (χ0v) is 12.1. The molecule has 19 heavy (non-hydrogen) atoms. The van der Waals surface area contributed by atoms with Gasteiger partial charge in [0.1, 0.15) is 12.4 Å². The molecule has 0 aliphatic heterocycles. The van der Waals surface area contributed by atoms with Crippen LogP contribution in [-0.4, -0.2) is 0 Å². The van der Waals surface area contributed by atoms with Gasteiger partial charge in [-0.3, -0.25) is 0 Å². The SMILES string of the molecule is C[C@@H](N)c1ccc(OCc2ccc(Cl)cc2)c(Cl)c1. The second kappa shape index (κ2) is 6.29. The summed E-state index contributed by atoms with van der Waals surface area (Å²) < 4.78 is 5.68. The molecule has 0 aliphatic rings. The highest BCUT2D eigenvalue weighted by Crippen LogP contribution is 2.28. The first-order valence-electron chi connectivity index (χ1n) is 5.98. The molecule has 0 spiro atoms. The summed E-state index contributed by atoms with van der Waals surface area (Å²) in [6.45, 7) is 2.37. The summed E-state index contributed by atoms with van der Waals surface area (Å²) in [5, 5.41) is 1.28. The second-order valence-corrected chi connectivity index (χ2v) is 5.24. The van der Waals surface area contributed by atoms with Crippen LogP contribution in [-0.2, 0) is 6.61 Å². The molecule has 0 aromatic heterocycles. The van der Waals surface area contributed by atoms with Gasteiger partial charge in [0.05, 0.1) is 5.02 Å². The molecule has 2 N–H and O–H groups in total. The molecule has 0 radical (unpaired) electrons. The molecule has 0 aliphatic carbocycles. The lowest BCUT2D eigenvalue weighted by Crippen LogP contribution is -2.05. The molecule has 2 aromatic rings. The minimum atomic E-state index is -0.0391. The highest BCUT2D eigenvalue weighted by atomic mass is 35.5. The first-order valence-corrected chi connectivity index (χ1v) is 6.74. The van der Waals surface area contributed by atoms with Crippen molar-refractivity contribution in [1.29, 1.82) is 0 Å². The van der Waals surface area contributed by atoms with Crippen LogP contribution in [0.15, 0.2) is 42.5 Å². The molecule has 0 amide bonds. The quantitative estimate of drug-likeness (QED) is 0.895. The Morgan fingerprint density at radius 3 is 2.37 bits per heavy atom. The molecule has 0 fully saturated rings. The summed E-state index contributed by atoms with van der Waals surface area (Å²) in [6, 6.07) is 13.1. The Kier molecular flexibility index (Phi) is 4.70. The maximum atomic E-state index is 6.16. The van der Waals surface area contributed by atoms with Gasteiger partial charge in [-0.05, 0) is 42.3 Å². The van der Waals surface area contributed by atoms with E-state index in [1.54, 1.807) is 0 Å². The molecule has 1 atom stereocenters. The standard InChI is InChI=1S/C15H15Cl2NO/c1-10(18)12-4-7-15(14(17)8-12)19-9-11-2-5-13(16)6-3-11/h2-8,10H,9,18H2,1H3/t10-/m1/s1. The van der Waals surface area contributed by atoms with Crippen molar-refractivity contribution in [3.8, 4) is 5.75 Å².